The minimum Gasteiger partial charge on any atom is -0.726 e. The molecule has 0 N–H and O–H groups in total. The van der Waals surface area contributed by atoms with Crippen LogP contribution in [0.5, 0.6) is 0 Å². The van der Waals surface area contributed by atoms with Crippen LogP contribution in [-0.2, 0) is 29.2 Å². The van der Waals surface area contributed by atoms with E-state index >= 15 is 0 Å². The third-order valence-electron chi connectivity index (χ3n) is 5.98. The number of hydrogen-bond donors (Lipinski definition) is 0. The van der Waals surface area contributed by atoms with Crippen LogP contribution in [0.2, 0.25) is 0 Å². The molecule has 0 bridgehead atoms. The molecule has 0 aromatic heterocycles. The first kappa shape index (κ1) is 43.9. The van der Waals surface area contributed by atoms with E-state index in [1.807, 2.05) is 12.2 Å². The Labute approximate surface area is 270 Å². The number of allylic oxidation sites excluding steroid dienone is 2. The van der Waals surface area contributed by atoms with Crippen LogP contribution in [0, 0.1) is 11.8 Å². The molecule has 0 aliphatic heterocycles. The van der Waals surface area contributed by atoms with Gasteiger partial charge in [-0.15, -0.1) is 0 Å². The molecule has 0 aromatic carbocycles. The van der Waals surface area contributed by atoms with Crippen molar-refractivity contribution in [2.45, 2.75) is 130 Å². The molecule has 0 fully saturated rings. The Morgan fingerprint density at radius 2 is 0.897 bits per heavy atom. The summed E-state index contributed by atoms with van der Waals surface area (Å²) in [6.07, 6.45) is 25.4. The molecule has 11 heteroatoms. The minimum atomic E-state index is -4.57. The van der Waals surface area contributed by atoms with E-state index in [0.717, 1.165) is 77.0 Å². The molecule has 0 aliphatic carbocycles. The molecule has 0 saturated carbocycles. The molecule has 0 amide bonds. The van der Waals surface area contributed by atoms with Crippen molar-refractivity contribution < 1.29 is 34.3 Å². The summed E-state index contributed by atoms with van der Waals surface area (Å²) < 4.78 is 71.7. The molecule has 2 atom stereocenters. The molecule has 8 nitrogen and oxygen atoms in total. The van der Waals surface area contributed by atoms with Crippen molar-refractivity contribution in [3.63, 3.8) is 0 Å². The molecular weight excluding hydrogens is 569 g/mol. The molecule has 0 aromatic rings. The van der Waals surface area contributed by atoms with Gasteiger partial charge in [0.05, 0.1) is 13.2 Å². The van der Waals surface area contributed by atoms with Crippen LogP contribution < -0.4 is 0 Å². The van der Waals surface area contributed by atoms with Gasteiger partial charge < -0.3 is 9.11 Å². The second-order valence-electron chi connectivity index (χ2n) is 9.75. The first-order valence-electron chi connectivity index (χ1n) is 14.5. The Bertz CT molecular complexity index is 717. The normalized spacial score (nSPS) is 13.7. The van der Waals surface area contributed by atoms with Gasteiger partial charge in [0.15, 0.2) is 0 Å². The Hall–Kier alpha value is 0.480. The monoisotopic (exact) mass is 622 g/mol. The van der Waals surface area contributed by atoms with E-state index in [0.29, 0.717) is 0 Å². The van der Waals surface area contributed by atoms with Gasteiger partial charge >= 0.3 is 37.7 Å². The van der Waals surface area contributed by atoms with E-state index in [2.05, 4.69) is 48.2 Å². The van der Waals surface area contributed by atoms with E-state index in [1.54, 1.807) is 0 Å². The average molecular weight is 623 g/mol. The van der Waals surface area contributed by atoms with Gasteiger partial charge in [-0.2, -0.15) is 0 Å². The van der Waals surface area contributed by atoms with Crippen molar-refractivity contribution in [3.8, 4) is 0 Å². The Kier molecular flexibility index (Phi) is 33.7. The van der Waals surface area contributed by atoms with Crippen LogP contribution in [0.25, 0.3) is 0 Å². The van der Waals surface area contributed by atoms with Crippen LogP contribution >= 0.6 is 0 Å². The minimum absolute atomic E-state index is 0. The fourth-order valence-electron chi connectivity index (χ4n) is 3.70. The third-order valence-corrected chi connectivity index (χ3v) is 6.82. The van der Waals surface area contributed by atoms with Crippen molar-refractivity contribution in [3.05, 3.63) is 24.3 Å². The summed E-state index contributed by atoms with van der Waals surface area (Å²) in [6.45, 7) is 8.50. The van der Waals surface area contributed by atoms with E-state index in [4.69, 9.17) is 0 Å². The second-order valence-corrected chi connectivity index (χ2v) is 11.8. The van der Waals surface area contributed by atoms with E-state index in [1.165, 1.54) is 25.7 Å². The quantitative estimate of drug-likeness (QED) is 0.0362. The fraction of sp³-hybridized carbons (Fsp3) is 0.857. The molecule has 0 aliphatic rings. The summed E-state index contributed by atoms with van der Waals surface area (Å²) in [5.74, 6) is 0.0508. The number of rotatable bonds is 24. The van der Waals surface area contributed by atoms with Gasteiger partial charge in [-0.3, -0.25) is 8.37 Å². The van der Waals surface area contributed by atoms with E-state index in [-0.39, 0.29) is 62.8 Å². The zero-order valence-corrected chi connectivity index (χ0v) is 28.8. The summed E-state index contributed by atoms with van der Waals surface area (Å²) in [5, 5.41) is 0. The Morgan fingerprint density at radius 1 is 0.564 bits per heavy atom. The zero-order valence-electron chi connectivity index (χ0n) is 25.0. The predicted molar refractivity (Wildman–Crippen MR) is 159 cm³/mol. The van der Waals surface area contributed by atoms with Crippen molar-refractivity contribution in [2.75, 3.05) is 13.2 Å². The molecule has 0 heterocycles. The zero-order chi connectivity index (χ0) is 29.1. The van der Waals surface area contributed by atoms with Gasteiger partial charge in [0.1, 0.15) is 0 Å². The first-order chi connectivity index (χ1) is 18.0. The van der Waals surface area contributed by atoms with Gasteiger partial charge in [-0.1, -0.05) is 129 Å². The SMILES string of the molecule is CCCC/C=C/C(CCCCCC)COS(=O)(=O)[O-].CCCC/C=C/C(CCCCCC)COS(=O)(=O)[O-].[Ca+2]. The Morgan fingerprint density at radius 3 is 1.18 bits per heavy atom. The molecule has 0 rings (SSSR count). The third kappa shape index (κ3) is 38.5. The standard InChI is InChI=1S/2C14H28O4S.Ca/c2*1-3-5-7-9-11-14(12-10-8-6-4-2)13-18-19(15,16)17;/h2*9,11,14H,3-8,10,12-13H2,1-2H3,(H,15,16,17);/q;;+2/p-2/b2*11-9+;. The summed E-state index contributed by atoms with van der Waals surface area (Å²) in [4.78, 5) is 0. The fourth-order valence-corrected chi connectivity index (χ4v) is 4.38. The first-order valence-corrected chi connectivity index (χ1v) is 17.2. The molecule has 2 unspecified atom stereocenters. The maximum atomic E-state index is 10.5. The van der Waals surface area contributed by atoms with Gasteiger partial charge in [0.2, 0.25) is 20.8 Å². The molecule has 39 heavy (non-hydrogen) atoms. The molecule has 228 valence electrons. The number of hydrogen-bond acceptors (Lipinski definition) is 8. The summed E-state index contributed by atoms with van der Waals surface area (Å²) in [7, 11) is -9.15. The smallest absolute Gasteiger partial charge is 0.726 e. The van der Waals surface area contributed by atoms with Crippen molar-refractivity contribution in [1.29, 1.82) is 0 Å². The molecular formula is C28H54CaO8S2. The summed E-state index contributed by atoms with van der Waals surface area (Å²) >= 11 is 0. The second kappa shape index (κ2) is 30.0. The molecule has 0 radical (unpaired) electrons. The van der Waals surface area contributed by atoms with Crippen molar-refractivity contribution >= 4 is 58.5 Å². The largest absolute Gasteiger partial charge is 2.00 e. The summed E-state index contributed by atoms with van der Waals surface area (Å²) in [6, 6.07) is 0. The predicted octanol–water partition coefficient (Wildman–Crippen LogP) is 7.21. The topological polar surface area (TPSA) is 133 Å². The summed E-state index contributed by atoms with van der Waals surface area (Å²) in [5.41, 5.74) is 0. The van der Waals surface area contributed by atoms with Crippen molar-refractivity contribution in [1.82, 2.24) is 0 Å². The molecule has 0 spiro atoms. The van der Waals surface area contributed by atoms with Crippen LogP contribution in [0.1, 0.15) is 130 Å². The van der Waals surface area contributed by atoms with Gasteiger partial charge in [-0.25, -0.2) is 16.8 Å². The van der Waals surface area contributed by atoms with Crippen LogP contribution in [-0.4, -0.2) is 76.9 Å². The average Bonchev–Trinajstić information content (AvgIpc) is 2.84. The van der Waals surface area contributed by atoms with E-state index in [9.17, 15) is 25.9 Å². The van der Waals surface area contributed by atoms with Gasteiger partial charge in [-0.05, 0) is 25.7 Å². The maximum Gasteiger partial charge on any atom is 2.00 e. The van der Waals surface area contributed by atoms with Crippen LogP contribution in [0.4, 0.5) is 0 Å². The van der Waals surface area contributed by atoms with Crippen molar-refractivity contribution in [2.24, 2.45) is 11.8 Å². The molecule has 0 saturated heterocycles. The number of unbranched alkanes of at least 4 members (excludes halogenated alkanes) is 10. The Balaban J connectivity index is -0.000000648. The van der Waals surface area contributed by atoms with Crippen LogP contribution in [0.15, 0.2) is 24.3 Å². The van der Waals surface area contributed by atoms with Gasteiger partial charge in [0, 0.05) is 11.8 Å². The van der Waals surface area contributed by atoms with Gasteiger partial charge in [0.25, 0.3) is 0 Å². The van der Waals surface area contributed by atoms with Crippen LogP contribution in [0.3, 0.4) is 0 Å². The maximum absolute atomic E-state index is 10.5. The van der Waals surface area contributed by atoms with E-state index < -0.39 is 20.8 Å².